The summed E-state index contributed by atoms with van der Waals surface area (Å²) in [5.74, 6) is 0.352. The summed E-state index contributed by atoms with van der Waals surface area (Å²) in [4.78, 5) is 29.9. The molecule has 0 radical (unpaired) electrons. The zero-order chi connectivity index (χ0) is 20.9. The molecule has 0 bridgehead atoms. The fourth-order valence-corrected chi connectivity index (χ4v) is 3.41. The van der Waals surface area contributed by atoms with E-state index in [9.17, 15) is 14.0 Å². The summed E-state index contributed by atoms with van der Waals surface area (Å²) in [7, 11) is 0. The summed E-state index contributed by atoms with van der Waals surface area (Å²) in [5.41, 5.74) is 2.85. The Balaban J connectivity index is 1.31. The molecule has 1 aromatic carbocycles. The Morgan fingerprint density at radius 2 is 2.13 bits per heavy atom. The molecule has 6 nitrogen and oxygen atoms in total. The van der Waals surface area contributed by atoms with Gasteiger partial charge in [0.25, 0.3) is 0 Å². The van der Waals surface area contributed by atoms with Crippen LogP contribution in [0.2, 0.25) is 0 Å². The minimum atomic E-state index is -0.380. The predicted octanol–water partition coefficient (Wildman–Crippen LogP) is 3.36. The molecule has 0 spiro atoms. The number of nitrogens with zero attached hydrogens (tertiary/aromatic N) is 2. The number of carbonyl (C=O) groups is 2. The third-order valence-corrected chi connectivity index (χ3v) is 5.15. The van der Waals surface area contributed by atoms with Gasteiger partial charge >= 0.3 is 0 Å². The molecule has 0 saturated heterocycles. The van der Waals surface area contributed by atoms with Crippen molar-refractivity contribution >= 4 is 23.7 Å². The number of anilines is 1. The van der Waals surface area contributed by atoms with Crippen LogP contribution >= 0.6 is 0 Å². The van der Waals surface area contributed by atoms with Gasteiger partial charge in [-0.15, -0.1) is 0 Å². The molecule has 0 aliphatic carbocycles. The molecule has 0 saturated carbocycles. The molecule has 2 amide bonds. The number of hydrogen-bond donors (Lipinski definition) is 1. The van der Waals surface area contributed by atoms with Crippen LogP contribution < -0.4 is 10.1 Å². The monoisotopic (exact) mass is 407 g/mol. The molecule has 3 heterocycles. The van der Waals surface area contributed by atoms with Gasteiger partial charge in [-0.05, 0) is 53.8 Å². The Labute approximate surface area is 174 Å². The second kappa shape index (κ2) is 8.90. The molecule has 1 aromatic heterocycles. The Morgan fingerprint density at radius 1 is 1.27 bits per heavy atom. The fraction of sp³-hybridized carbons (Fsp3) is 0.261. The first kappa shape index (κ1) is 19.8. The van der Waals surface area contributed by atoms with Crippen LogP contribution in [0.15, 0.2) is 54.3 Å². The molecule has 2 aromatic rings. The standard InChI is InChI=1S/C23H22FN3O3/c24-19-3-1-2-4-20(19)30-15-16-9-11-27(12-10-16)22(29)8-5-17-13-18-6-7-21(28)26-23(18)25-14-17/h1-5,8-9,13-14H,6-7,10-12,15H2,(H,25,26,28). The maximum atomic E-state index is 13.6. The van der Waals surface area contributed by atoms with E-state index >= 15 is 0 Å². The molecule has 154 valence electrons. The zero-order valence-corrected chi connectivity index (χ0v) is 16.4. The van der Waals surface area contributed by atoms with E-state index in [4.69, 9.17) is 4.74 Å². The van der Waals surface area contributed by atoms with Crippen molar-refractivity contribution in [2.75, 3.05) is 25.0 Å². The third kappa shape index (κ3) is 4.74. The second-order valence-electron chi connectivity index (χ2n) is 7.27. The van der Waals surface area contributed by atoms with Gasteiger partial charge in [0, 0.05) is 31.8 Å². The van der Waals surface area contributed by atoms with Gasteiger partial charge in [0.15, 0.2) is 11.6 Å². The molecule has 2 aliphatic heterocycles. The Hall–Kier alpha value is -3.48. The van der Waals surface area contributed by atoms with Gasteiger partial charge < -0.3 is 15.0 Å². The Bertz CT molecular complexity index is 1030. The number of aromatic nitrogens is 1. The van der Waals surface area contributed by atoms with Crippen LogP contribution in [0.25, 0.3) is 6.08 Å². The quantitative estimate of drug-likeness (QED) is 0.610. The highest BCUT2D eigenvalue weighted by Gasteiger charge is 2.17. The highest BCUT2D eigenvalue weighted by molar-refractivity contribution is 5.94. The predicted molar refractivity (Wildman–Crippen MR) is 111 cm³/mol. The first-order chi connectivity index (χ1) is 14.6. The Kier molecular flexibility index (Phi) is 5.88. The van der Waals surface area contributed by atoms with Crippen molar-refractivity contribution in [3.8, 4) is 5.75 Å². The van der Waals surface area contributed by atoms with Crippen LogP contribution in [-0.4, -0.2) is 41.4 Å². The number of hydrogen-bond acceptors (Lipinski definition) is 4. The van der Waals surface area contributed by atoms with Crippen molar-refractivity contribution in [1.82, 2.24) is 9.88 Å². The van der Waals surface area contributed by atoms with Crippen LogP contribution in [-0.2, 0) is 16.0 Å². The van der Waals surface area contributed by atoms with Crippen molar-refractivity contribution in [2.45, 2.75) is 19.3 Å². The van der Waals surface area contributed by atoms with Crippen molar-refractivity contribution in [3.63, 3.8) is 0 Å². The summed E-state index contributed by atoms with van der Waals surface area (Å²) < 4.78 is 19.2. The number of fused-ring (bicyclic) bond motifs is 1. The number of nitrogens with one attached hydrogen (secondary N) is 1. The maximum absolute atomic E-state index is 13.6. The van der Waals surface area contributed by atoms with Gasteiger partial charge in [-0.2, -0.15) is 0 Å². The number of amides is 2. The molecule has 7 heteroatoms. The second-order valence-corrected chi connectivity index (χ2v) is 7.27. The first-order valence-corrected chi connectivity index (χ1v) is 9.89. The van der Waals surface area contributed by atoms with E-state index in [2.05, 4.69) is 10.3 Å². The number of benzene rings is 1. The lowest BCUT2D eigenvalue weighted by molar-refractivity contribution is -0.125. The molecular formula is C23H22FN3O3. The molecule has 0 unspecified atom stereocenters. The third-order valence-electron chi connectivity index (χ3n) is 5.15. The topological polar surface area (TPSA) is 71.5 Å². The number of ether oxygens (including phenoxy) is 1. The average Bonchev–Trinajstić information content (AvgIpc) is 2.77. The van der Waals surface area contributed by atoms with Gasteiger partial charge in [0.2, 0.25) is 11.8 Å². The summed E-state index contributed by atoms with van der Waals surface area (Å²) in [6.07, 6.45) is 8.67. The number of rotatable bonds is 5. The van der Waals surface area contributed by atoms with E-state index < -0.39 is 0 Å². The molecule has 2 aliphatic rings. The van der Waals surface area contributed by atoms with Crippen molar-refractivity contribution in [3.05, 3.63) is 71.2 Å². The minimum Gasteiger partial charge on any atom is -0.486 e. The number of halogens is 1. The smallest absolute Gasteiger partial charge is 0.246 e. The van der Waals surface area contributed by atoms with E-state index in [1.165, 1.54) is 6.07 Å². The highest BCUT2D eigenvalue weighted by atomic mass is 19.1. The lowest BCUT2D eigenvalue weighted by Gasteiger charge is -2.25. The average molecular weight is 407 g/mol. The largest absolute Gasteiger partial charge is 0.486 e. The summed E-state index contributed by atoms with van der Waals surface area (Å²) >= 11 is 0. The molecule has 30 heavy (non-hydrogen) atoms. The highest BCUT2D eigenvalue weighted by Crippen LogP contribution is 2.22. The van der Waals surface area contributed by atoms with Crippen LogP contribution in [0.1, 0.15) is 24.0 Å². The lowest BCUT2D eigenvalue weighted by atomic mass is 10.0. The summed E-state index contributed by atoms with van der Waals surface area (Å²) in [5, 5.41) is 2.74. The van der Waals surface area contributed by atoms with Crippen LogP contribution in [0.4, 0.5) is 10.2 Å². The lowest BCUT2D eigenvalue weighted by Crippen LogP contribution is -2.34. The van der Waals surface area contributed by atoms with E-state index in [1.807, 2.05) is 12.1 Å². The van der Waals surface area contributed by atoms with Gasteiger partial charge in [-0.25, -0.2) is 9.37 Å². The molecular weight excluding hydrogens is 385 g/mol. The van der Waals surface area contributed by atoms with E-state index in [1.54, 1.807) is 41.4 Å². The van der Waals surface area contributed by atoms with Crippen molar-refractivity contribution < 1.29 is 18.7 Å². The summed E-state index contributed by atoms with van der Waals surface area (Å²) in [6, 6.07) is 8.26. The molecule has 4 rings (SSSR count). The van der Waals surface area contributed by atoms with Crippen LogP contribution in [0, 0.1) is 5.82 Å². The van der Waals surface area contributed by atoms with Gasteiger partial charge in [0.05, 0.1) is 0 Å². The minimum absolute atomic E-state index is 0.0229. The van der Waals surface area contributed by atoms with E-state index in [0.29, 0.717) is 44.8 Å². The number of carbonyl (C=O) groups excluding carboxylic acids is 2. The summed E-state index contributed by atoms with van der Waals surface area (Å²) in [6.45, 7) is 1.40. The van der Waals surface area contributed by atoms with Crippen LogP contribution in [0.3, 0.4) is 0 Å². The molecule has 0 atom stereocenters. The number of pyridine rings is 1. The van der Waals surface area contributed by atoms with Gasteiger partial charge in [-0.1, -0.05) is 18.2 Å². The zero-order valence-electron chi connectivity index (χ0n) is 16.4. The SMILES string of the molecule is O=C1CCc2cc(C=CC(=O)N3CC=C(COc4ccccc4F)CC3)cnc2N1. The van der Waals surface area contributed by atoms with Crippen LogP contribution in [0.5, 0.6) is 5.75 Å². The van der Waals surface area contributed by atoms with Crippen molar-refractivity contribution in [1.29, 1.82) is 0 Å². The number of para-hydroxylation sites is 1. The van der Waals surface area contributed by atoms with E-state index in [0.717, 1.165) is 16.7 Å². The normalized spacial score (nSPS) is 16.1. The maximum Gasteiger partial charge on any atom is 0.246 e. The van der Waals surface area contributed by atoms with Gasteiger partial charge in [0.1, 0.15) is 12.4 Å². The van der Waals surface area contributed by atoms with Gasteiger partial charge in [-0.3, -0.25) is 9.59 Å². The first-order valence-electron chi connectivity index (χ1n) is 9.89. The molecule has 1 N–H and O–H groups in total. The Morgan fingerprint density at radius 3 is 2.93 bits per heavy atom. The fourth-order valence-electron chi connectivity index (χ4n) is 3.41. The van der Waals surface area contributed by atoms with Crippen molar-refractivity contribution in [2.24, 2.45) is 0 Å². The van der Waals surface area contributed by atoms with E-state index in [-0.39, 0.29) is 23.4 Å². The number of aryl methyl sites for hydroxylation is 1. The molecule has 0 fully saturated rings.